The second kappa shape index (κ2) is 4.18. The number of aldehydes is 1. The zero-order valence-corrected chi connectivity index (χ0v) is 9.27. The lowest BCUT2D eigenvalue weighted by atomic mass is 9.86. The molecule has 0 fully saturated rings. The van der Waals surface area contributed by atoms with Crippen molar-refractivity contribution < 1.29 is 24.5 Å². The van der Waals surface area contributed by atoms with E-state index in [1.807, 2.05) is 0 Å². The Bertz CT molecular complexity index is 492. The summed E-state index contributed by atoms with van der Waals surface area (Å²) in [5.74, 6) is -0.517. The molecule has 0 aromatic heterocycles. The number of phenolic OH excluding ortho intramolecular Hbond substituents is 1. The van der Waals surface area contributed by atoms with Crippen LogP contribution in [0.3, 0.4) is 0 Å². The molecule has 0 heterocycles. The van der Waals surface area contributed by atoms with E-state index >= 15 is 0 Å². The first-order valence-corrected chi connectivity index (χ1v) is 5.20. The summed E-state index contributed by atoms with van der Waals surface area (Å²) in [4.78, 5) is 22.6. The molecule has 1 aliphatic rings. The van der Waals surface area contributed by atoms with E-state index in [4.69, 9.17) is 4.74 Å². The van der Waals surface area contributed by atoms with Crippen LogP contribution in [0, 0.1) is 0 Å². The quantitative estimate of drug-likeness (QED) is 0.754. The molecular weight excluding hydrogens is 224 g/mol. The summed E-state index contributed by atoms with van der Waals surface area (Å²) < 4.78 is 4.95. The fourth-order valence-electron chi connectivity index (χ4n) is 2.07. The summed E-state index contributed by atoms with van der Waals surface area (Å²) in [5.41, 5.74) is 0.293. The maximum absolute atomic E-state index is 11.7. The lowest BCUT2D eigenvalue weighted by Crippen LogP contribution is -2.16. The standard InChI is InChI=1S/C12H12O5/c1-17-10-4-6-8(14)2-3-9(15)11(6)12(16)7(10)5-13/h4-5,8,14,16H,2-3H2,1H3. The first-order chi connectivity index (χ1) is 8.10. The highest BCUT2D eigenvalue weighted by Gasteiger charge is 2.30. The van der Waals surface area contributed by atoms with Crippen molar-refractivity contribution in [1.82, 2.24) is 0 Å². The predicted molar refractivity (Wildman–Crippen MR) is 58.6 cm³/mol. The number of hydrogen-bond acceptors (Lipinski definition) is 5. The number of aliphatic hydroxyl groups is 1. The van der Waals surface area contributed by atoms with E-state index in [1.165, 1.54) is 13.2 Å². The first kappa shape index (κ1) is 11.6. The van der Waals surface area contributed by atoms with Crippen molar-refractivity contribution in [2.24, 2.45) is 0 Å². The van der Waals surface area contributed by atoms with Gasteiger partial charge in [-0.25, -0.2) is 0 Å². The Hall–Kier alpha value is -1.88. The van der Waals surface area contributed by atoms with Crippen molar-refractivity contribution in [3.05, 3.63) is 22.8 Å². The molecule has 1 unspecified atom stereocenters. The molecule has 90 valence electrons. The van der Waals surface area contributed by atoms with Crippen LogP contribution in [0.25, 0.3) is 0 Å². The van der Waals surface area contributed by atoms with Gasteiger partial charge in [-0.3, -0.25) is 9.59 Å². The predicted octanol–water partition coefficient (Wildman–Crippen LogP) is 1.22. The molecule has 2 N–H and O–H groups in total. The number of carbonyl (C=O) groups is 2. The van der Waals surface area contributed by atoms with Crippen molar-refractivity contribution in [2.45, 2.75) is 18.9 Å². The molecule has 2 rings (SSSR count). The Morgan fingerprint density at radius 2 is 2.24 bits per heavy atom. The third-order valence-electron chi connectivity index (χ3n) is 2.95. The third-order valence-corrected chi connectivity index (χ3v) is 2.95. The number of rotatable bonds is 2. The number of phenols is 1. The van der Waals surface area contributed by atoms with Crippen LogP contribution in [0.2, 0.25) is 0 Å². The van der Waals surface area contributed by atoms with E-state index in [2.05, 4.69) is 0 Å². The topological polar surface area (TPSA) is 83.8 Å². The second-order valence-electron chi connectivity index (χ2n) is 3.90. The van der Waals surface area contributed by atoms with Gasteiger partial charge in [-0.1, -0.05) is 0 Å². The van der Waals surface area contributed by atoms with Crippen LogP contribution in [0.5, 0.6) is 11.5 Å². The summed E-state index contributed by atoms with van der Waals surface area (Å²) in [5, 5.41) is 19.7. The van der Waals surface area contributed by atoms with E-state index < -0.39 is 11.9 Å². The van der Waals surface area contributed by atoms with Crippen LogP contribution >= 0.6 is 0 Å². The molecule has 0 spiro atoms. The van der Waals surface area contributed by atoms with E-state index in [9.17, 15) is 19.8 Å². The second-order valence-corrected chi connectivity index (χ2v) is 3.90. The Labute approximate surface area is 97.6 Å². The number of aromatic hydroxyl groups is 1. The van der Waals surface area contributed by atoms with Crippen molar-refractivity contribution >= 4 is 12.1 Å². The summed E-state index contributed by atoms with van der Waals surface area (Å²) in [6.45, 7) is 0. The Kier molecular flexibility index (Phi) is 2.85. The normalized spacial score (nSPS) is 18.7. The number of ketones is 1. The van der Waals surface area contributed by atoms with Crippen LogP contribution in [0.15, 0.2) is 6.07 Å². The SMILES string of the molecule is COc1cc2c(c(O)c1C=O)C(=O)CCC2O. The molecular formula is C12H12O5. The summed E-state index contributed by atoms with van der Waals surface area (Å²) >= 11 is 0. The number of Topliss-reactive ketones (excluding diaryl/α,β-unsaturated/α-hetero) is 1. The van der Waals surface area contributed by atoms with Gasteiger partial charge in [0.2, 0.25) is 0 Å². The van der Waals surface area contributed by atoms with Crippen LogP contribution in [-0.4, -0.2) is 29.4 Å². The van der Waals surface area contributed by atoms with E-state index in [0.717, 1.165) is 0 Å². The monoisotopic (exact) mass is 236 g/mol. The Balaban J connectivity index is 2.75. The summed E-state index contributed by atoms with van der Waals surface area (Å²) in [6, 6.07) is 1.43. The molecule has 17 heavy (non-hydrogen) atoms. The molecule has 0 bridgehead atoms. The summed E-state index contributed by atoms with van der Waals surface area (Å²) in [6.07, 6.45) is 0.0902. The average molecular weight is 236 g/mol. The Morgan fingerprint density at radius 3 is 2.82 bits per heavy atom. The van der Waals surface area contributed by atoms with Crippen molar-refractivity contribution in [3.8, 4) is 11.5 Å². The highest BCUT2D eigenvalue weighted by molar-refractivity contribution is 6.04. The van der Waals surface area contributed by atoms with Gasteiger partial charge in [0.05, 0.1) is 24.3 Å². The molecule has 1 aromatic carbocycles. The molecule has 1 aliphatic carbocycles. The molecule has 1 atom stereocenters. The lowest BCUT2D eigenvalue weighted by Gasteiger charge is -2.22. The van der Waals surface area contributed by atoms with Gasteiger partial charge >= 0.3 is 0 Å². The maximum Gasteiger partial charge on any atom is 0.167 e. The third kappa shape index (κ3) is 1.68. The molecule has 1 aromatic rings. The minimum atomic E-state index is -0.816. The van der Waals surface area contributed by atoms with Crippen molar-refractivity contribution in [2.75, 3.05) is 7.11 Å². The zero-order chi connectivity index (χ0) is 12.6. The largest absolute Gasteiger partial charge is 0.506 e. The van der Waals surface area contributed by atoms with Crippen LogP contribution < -0.4 is 4.74 Å². The van der Waals surface area contributed by atoms with Gasteiger partial charge in [0.15, 0.2) is 12.1 Å². The molecule has 5 heteroatoms. The lowest BCUT2D eigenvalue weighted by molar-refractivity contribution is 0.0892. The van der Waals surface area contributed by atoms with Crippen LogP contribution in [0.1, 0.15) is 45.2 Å². The fourth-order valence-corrected chi connectivity index (χ4v) is 2.07. The Morgan fingerprint density at radius 1 is 1.53 bits per heavy atom. The molecule has 0 saturated carbocycles. The molecule has 0 aliphatic heterocycles. The zero-order valence-electron chi connectivity index (χ0n) is 9.27. The fraction of sp³-hybridized carbons (Fsp3) is 0.333. The van der Waals surface area contributed by atoms with Crippen LogP contribution in [-0.2, 0) is 0 Å². The maximum atomic E-state index is 11.7. The van der Waals surface area contributed by atoms with Gasteiger partial charge in [0.1, 0.15) is 11.5 Å². The molecule has 0 saturated heterocycles. The average Bonchev–Trinajstić information content (AvgIpc) is 2.33. The smallest absolute Gasteiger partial charge is 0.167 e. The van der Waals surface area contributed by atoms with Gasteiger partial charge < -0.3 is 14.9 Å². The number of fused-ring (bicyclic) bond motifs is 1. The minimum absolute atomic E-state index is 0.0339. The number of hydrogen-bond donors (Lipinski definition) is 2. The highest BCUT2D eigenvalue weighted by Crippen LogP contribution is 2.40. The molecule has 0 radical (unpaired) electrons. The van der Waals surface area contributed by atoms with Crippen molar-refractivity contribution in [1.29, 1.82) is 0 Å². The van der Waals surface area contributed by atoms with Crippen molar-refractivity contribution in [3.63, 3.8) is 0 Å². The van der Waals surface area contributed by atoms with Gasteiger partial charge in [0.25, 0.3) is 0 Å². The van der Waals surface area contributed by atoms with Crippen LogP contribution in [0.4, 0.5) is 0 Å². The molecule has 0 amide bonds. The van der Waals surface area contributed by atoms with E-state index in [1.54, 1.807) is 0 Å². The summed E-state index contributed by atoms with van der Waals surface area (Å²) in [7, 11) is 1.35. The van der Waals surface area contributed by atoms with E-state index in [-0.39, 0.29) is 29.1 Å². The number of carbonyl (C=O) groups excluding carboxylic acids is 2. The van der Waals surface area contributed by atoms with E-state index in [0.29, 0.717) is 18.3 Å². The number of aliphatic hydroxyl groups excluding tert-OH is 1. The number of methoxy groups -OCH3 is 1. The van der Waals surface area contributed by atoms with Gasteiger partial charge in [-0.2, -0.15) is 0 Å². The number of ether oxygens (including phenoxy) is 1. The van der Waals surface area contributed by atoms with Gasteiger partial charge in [0, 0.05) is 6.42 Å². The number of benzene rings is 1. The molecule has 5 nitrogen and oxygen atoms in total. The highest BCUT2D eigenvalue weighted by atomic mass is 16.5. The van der Waals surface area contributed by atoms with Gasteiger partial charge in [-0.15, -0.1) is 0 Å². The minimum Gasteiger partial charge on any atom is -0.506 e. The van der Waals surface area contributed by atoms with Gasteiger partial charge in [-0.05, 0) is 18.1 Å². The first-order valence-electron chi connectivity index (χ1n) is 5.20.